The lowest BCUT2D eigenvalue weighted by atomic mass is 10.00. The summed E-state index contributed by atoms with van der Waals surface area (Å²) in [4.78, 5) is 74.5. The lowest BCUT2D eigenvalue weighted by Gasteiger charge is -2.32. The number of unbranched alkanes of at least 4 members (excludes halogenated alkanes) is 16. The largest absolute Gasteiger partial charge is 0.459 e. The molecule has 0 amide bonds. The number of carbonyl (C=O) groups is 5. The molecule has 0 aromatic carbocycles. The fourth-order valence-corrected chi connectivity index (χ4v) is 7.07. The van der Waals surface area contributed by atoms with Crippen LogP contribution in [0.4, 0.5) is 0 Å². The van der Waals surface area contributed by atoms with Crippen LogP contribution in [0.25, 0.3) is 0 Å². The Kier molecular flexibility index (Phi) is 29.8. The highest BCUT2D eigenvalue weighted by molar-refractivity contribution is 5.72. The number of hydrogen-bond donors (Lipinski definition) is 0. The fraction of sp³-hybridized carbons (Fsp3) is 0.776. The monoisotopic (exact) mass is 889 g/mol. The van der Waals surface area contributed by atoms with Gasteiger partial charge in [0.25, 0.3) is 0 Å². The summed E-state index contributed by atoms with van der Waals surface area (Å²) in [5, 5.41) is 0. The molecule has 63 heavy (non-hydrogen) atoms. The molecule has 0 aliphatic carbocycles. The highest BCUT2D eigenvalue weighted by Crippen LogP contribution is 2.33. The third kappa shape index (κ3) is 23.9. The fourth-order valence-electron chi connectivity index (χ4n) is 7.07. The van der Waals surface area contributed by atoms with Crippen molar-refractivity contribution < 1.29 is 56.5 Å². The molecule has 14 nitrogen and oxygen atoms in total. The van der Waals surface area contributed by atoms with E-state index in [9.17, 15) is 24.0 Å². The average Bonchev–Trinajstić information content (AvgIpc) is 3.99. The molecule has 14 heteroatoms. The van der Waals surface area contributed by atoms with Gasteiger partial charge in [0.1, 0.15) is 24.2 Å². The zero-order valence-electron chi connectivity index (χ0n) is 39.5. The summed E-state index contributed by atoms with van der Waals surface area (Å²) in [7, 11) is 0. The van der Waals surface area contributed by atoms with Gasteiger partial charge in [0.2, 0.25) is 12.0 Å². The molecule has 2 aromatic heterocycles. The molecule has 2 rings (SSSR count). The molecule has 0 saturated heterocycles. The third-order valence-electron chi connectivity index (χ3n) is 10.9. The summed E-state index contributed by atoms with van der Waals surface area (Å²) in [5.41, 5.74) is 0.130. The molecule has 0 N–H and O–H groups in total. The van der Waals surface area contributed by atoms with Gasteiger partial charge in [0.15, 0.2) is 24.4 Å². The van der Waals surface area contributed by atoms with E-state index in [4.69, 9.17) is 32.5 Å². The molecule has 0 radical (unpaired) electrons. The molecule has 5 atom stereocenters. The maximum atomic E-state index is 13.3. The van der Waals surface area contributed by atoms with Crippen molar-refractivity contribution in [3.8, 4) is 0 Å². The van der Waals surface area contributed by atoms with Crippen molar-refractivity contribution in [2.75, 3.05) is 0 Å². The molecule has 0 fully saturated rings. The van der Waals surface area contributed by atoms with Crippen LogP contribution in [0.5, 0.6) is 0 Å². The van der Waals surface area contributed by atoms with Crippen molar-refractivity contribution in [1.29, 1.82) is 0 Å². The van der Waals surface area contributed by atoms with Crippen molar-refractivity contribution in [2.24, 2.45) is 0 Å². The van der Waals surface area contributed by atoms with Gasteiger partial charge in [0, 0.05) is 38.5 Å². The van der Waals surface area contributed by atoms with Crippen molar-refractivity contribution in [3.63, 3.8) is 0 Å². The van der Waals surface area contributed by atoms with Gasteiger partial charge in [0.05, 0.1) is 6.20 Å². The molecule has 0 bridgehead atoms. The summed E-state index contributed by atoms with van der Waals surface area (Å²) in [6.07, 6.45) is 19.1. The standard InChI is InChI=1S/C49H80N2O12/c1-7-12-17-18-19-20-21-22-23-24-25-26-27-32-46(56)63-48(41-34-50-36-58-41)49-51-38(35-57-49)39(60-43(53)29-14-9-3)33-40(61-44(54)30-15-10-4)47(62-45(55)31-16-11-5)37(6)59-42(52)28-13-8-2/h34-37,39-40,47-48H,7-33H2,1-6H3. The second-order valence-corrected chi connectivity index (χ2v) is 16.7. The van der Waals surface area contributed by atoms with Crippen LogP contribution in [-0.2, 0) is 47.7 Å². The molecule has 0 aliphatic heterocycles. The summed E-state index contributed by atoms with van der Waals surface area (Å²) in [5.74, 6) is -2.46. The molecule has 358 valence electrons. The highest BCUT2D eigenvalue weighted by Gasteiger charge is 2.40. The van der Waals surface area contributed by atoms with Crippen molar-refractivity contribution >= 4 is 29.8 Å². The quantitative estimate of drug-likeness (QED) is 0.0352. The first-order valence-corrected chi connectivity index (χ1v) is 24.4. The van der Waals surface area contributed by atoms with Gasteiger partial charge >= 0.3 is 29.8 Å². The summed E-state index contributed by atoms with van der Waals surface area (Å²) < 4.78 is 41.1. The number of aromatic nitrogens is 2. The van der Waals surface area contributed by atoms with Crippen molar-refractivity contribution in [1.82, 2.24) is 9.97 Å². The first kappa shape index (κ1) is 54.9. The number of carbonyl (C=O) groups excluding carboxylic acids is 5. The summed E-state index contributed by atoms with van der Waals surface area (Å²) >= 11 is 0. The van der Waals surface area contributed by atoms with Gasteiger partial charge in [-0.3, -0.25) is 24.0 Å². The Bertz CT molecular complexity index is 1530. The predicted molar refractivity (Wildman–Crippen MR) is 238 cm³/mol. The molecule has 2 heterocycles. The van der Waals surface area contributed by atoms with Gasteiger partial charge in [-0.05, 0) is 39.0 Å². The zero-order valence-corrected chi connectivity index (χ0v) is 39.5. The van der Waals surface area contributed by atoms with Gasteiger partial charge in [-0.2, -0.15) is 0 Å². The molecule has 5 unspecified atom stereocenters. The van der Waals surface area contributed by atoms with Crippen LogP contribution in [0.15, 0.2) is 27.7 Å². The Morgan fingerprint density at radius 2 is 0.968 bits per heavy atom. The second kappa shape index (κ2) is 34.2. The first-order chi connectivity index (χ1) is 30.6. The van der Waals surface area contributed by atoms with Gasteiger partial charge < -0.3 is 32.5 Å². The van der Waals surface area contributed by atoms with E-state index in [0.29, 0.717) is 32.1 Å². The lowest BCUT2D eigenvalue weighted by molar-refractivity contribution is -0.188. The molecular formula is C49H80N2O12. The molecule has 0 saturated carbocycles. The van der Waals surface area contributed by atoms with Gasteiger partial charge in [-0.1, -0.05) is 137 Å². The number of rotatable bonds is 38. The first-order valence-electron chi connectivity index (χ1n) is 24.4. The van der Waals surface area contributed by atoms with Crippen LogP contribution in [0.3, 0.4) is 0 Å². The highest BCUT2D eigenvalue weighted by atomic mass is 16.6. The number of oxazole rings is 2. The van der Waals surface area contributed by atoms with Crippen molar-refractivity contribution in [3.05, 3.63) is 36.2 Å². The Morgan fingerprint density at radius 1 is 0.524 bits per heavy atom. The Morgan fingerprint density at radius 3 is 1.48 bits per heavy atom. The predicted octanol–water partition coefficient (Wildman–Crippen LogP) is 12.3. The Hall–Kier alpha value is -4.23. The zero-order chi connectivity index (χ0) is 46.1. The van der Waals surface area contributed by atoms with E-state index >= 15 is 0 Å². The van der Waals surface area contributed by atoms with Crippen LogP contribution in [0.1, 0.15) is 244 Å². The van der Waals surface area contributed by atoms with Crippen LogP contribution in [0, 0.1) is 0 Å². The summed E-state index contributed by atoms with van der Waals surface area (Å²) in [6, 6.07) is 0. The number of hydrogen-bond acceptors (Lipinski definition) is 14. The second-order valence-electron chi connectivity index (χ2n) is 16.7. The lowest BCUT2D eigenvalue weighted by Crippen LogP contribution is -2.45. The smallest absolute Gasteiger partial charge is 0.307 e. The average molecular weight is 889 g/mol. The van der Waals surface area contributed by atoms with E-state index in [-0.39, 0.29) is 55.9 Å². The Balaban J connectivity index is 2.32. The van der Waals surface area contributed by atoms with Gasteiger partial charge in [-0.15, -0.1) is 0 Å². The molecular weight excluding hydrogens is 809 g/mol. The normalized spacial score (nSPS) is 13.7. The SMILES string of the molecule is CCCCCCCCCCCCCCCC(=O)OC(c1cnco1)c1nc(C(CC(OC(=O)CCCC)C(OC(=O)CCCC)C(C)OC(=O)CCCC)OC(=O)CCCC)co1. The van der Waals surface area contributed by atoms with Crippen molar-refractivity contribution in [2.45, 2.75) is 245 Å². The molecule has 0 aliphatic rings. The molecule has 2 aromatic rings. The van der Waals surface area contributed by atoms with E-state index < -0.39 is 60.4 Å². The minimum Gasteiger partial charge on any atom is -0.459 e. The van der Waals surface area contributed by atoms with Crippen LogP contribution >= 0.6 is 0 Å². The maximum Gasteiger partial charge on any atom is 0.307 e. The van der Waals surface area contributed by atoms with E-state index in [2.05, 4.69) is 16.9 Å². The van der Waals surface area contributed by atoms with E-state index in [0.717, 1.165) is 44.9 Å². The van der Waals surface area contributed by atoms with E-state index in [1.54, 1.807) is 6.92 Å². The maximum absolute atomic E-state index is 13.3. The molecule has 0 spiro atoms. The third-order valence-corrected chi connectivity index (χ3v) is 10.9. The van der Waals surface area contributed by atoms with E-state index in [1.807, 2.05) is 27.7 Å². The van der Waals surface area contributed by atoms with Crippen LogP contribution in [-0.4, -0.2) is 58.1 Å². The number of esters is 5. The minimum absolute atomic E-state index is 0.0488. The minimum atomic E-state index is -1.25. The van der Waals surface area contributed by atoms with Crippen LogP contribution in [0.2, 0.25) is 0 Å². The van der Waals surface area contributed by atoms with Gasteiger partial charge in [-0.25, -0.2) is 9.97 Å². The summed E-state index contributed by atoms with van der Waals surface area (Å²) in [6.45, 7) is 11.6. The number of ether oxygens (including phenoxy) is 5. The van der Waals surface area contributed by atoms with Crippen LogP contribution < -0.4 is 0 Å². The van der Waals surface area contributed by atoms with E-state index in [1.165, 1.54) is 76.6 Å². The topological polar surface area (TPSA) is 184 Å². The number of nitrogens with zero attached hydrogens (tertiary/aromatic N) is 2. The Labute approximate surface area is 377 Å².